The first-order valence-corrected chi connectivity index (χ1v) is 5.25. The molecule has 0 aliphatic rings. The van der Waals surface area contributed by atoms with Crippen LogP contribution in [-0.2, 0) is 6.42 Å². The van der Waals surface area contributed by atoms with E-state index in [1.807, 2.05) is 23.6 Å². The third-order valence-electron chi connectivity index (χ3n) is 1.80. The van der Waals surface area contributed by atoms with Crippen molar-refractivity contribution >= 4 is 11.3 Å². The fourth-order valence-corrected chi connectivity index (χ4v) is 1.97. The molecule has 0 aliphatic heterocycles. The SMILES string of the molecule is OCCc1csc(-c2ccccn2)n1. The zero-order valence-corrected chi connectivity index (χ0v) is 8.37. The van der Waals surface area contributed by atoms with Crippen LogP contribution in [0.15, 0.2) is 29.8 Å². The quantitative estimate of drug-likeness (QED) is 0.832. The van der Waals surface area contributed by atoms with Gasteiger partial charge in [0.1, 0.15) is 5.01 Å². The van der Waals surface area contributed by atoms with Gasteiger partial charge in [-0.15, -0.1) is 11.3 Å². The van der Waals surface area contributed by atoms with Gasteiger partial charge in [-0.05, 0) is 12.1 Å². The molecule has 1 N–H and O–H groups in total. The van der Waals surface area contributed by atoms with E-state index in [0.29, 0.717) is 6.42 Å². The van der Waals surface area contributed by atoms with Gasteiger partial charge >= 0.3 is 0 Å². The second-order valence-electron chi connectivity index (χ2n) is 2.83. The molecule has 2 aromatic heterocycles. The Labute approximate surface area is 86.1 Å². The highest BCUT2D eigenvalue weighted by Gasteiger charge is 2.04. The molecule has 14 heavy (non-hydrogen) atoms. The van der Waals surface area contributed by atoms with E-state index in [1.165, 1.54) is 0 Å². The Morgan fingerprint density at radius 1 is 1.36 bits per heavy atom. The van der Waals surface area contributed by atoms with Crippen molar-refractivity contribution in [2.75, 3.05) is 6.61 Å². The van der Waals surface area contributed by atoms with Crippen molar-refractivity contribution < 1.29 is 5.11 Å². The largest absolute Gasteiger partial charge is 0.396 e. The average Bonchev–Trinajstić information content (AvgIpc) is 2.68. The van der Waals surface area contributed by atoms with Crippen LogP contribution in [0.5, 0.6) is 0 Å². The summed E-state index contributed by atoms with van der Waals surface area (Å²) in [6.45, 7) is 0.144. The lowest BCUT2D eigenvalue weighted by Gasteiger charge is -1.92. The Hall–Kier alpha value is -1.26. The Bertz CT molecular complexity index is 400. The molecule has 0 fully saturated rings. The fourth-order valence-electron chi connectivity index (χ4n) is 1.14. The number of pyridine rings is 1. The lowest BCUT2D eigenvalue weighted by molar-refractivity contribution is 0.298. The third-order valence-corrected chi connectivity index (χ3v) is 2.72. The number of aliphatic hydroxyl groups excluding tert-OH is 1. The number of hydrogen-bond donors (Lipinski definition) is 1. The molecule has 0 atom stereocenters. The molecule has 2 aromatic rings. The highest BCUT2D eigenvalue weighted by molar-refractivity contribution is 7.13. The van der Waals surface area contributed by atoms with Crippen LogP contribution in [-0.4, -0.2) is 21.7 Å². The fraction of sp³-hybridized carbons (Fsp3) is 0.200. The minimum atomic E-state index is 0.144. The zero-order valence-electron chi connectivity index (χ0n) is 7.55. The van der Waals surface area contributed by atoms with Crippen LogP contribution in [0.25, 0.3) is 10.7 Å². The third kappa shape index (κ3) is 1.97. The predicted molar refractivity (Wildman–Crippen MR) is 56.1 cm³/mol. The lowest BCUT2D eigenvalue weighted by Crippen LogP contribution is -1.90. The summed E-state index contributed by atoms with van der Waals surface area (Å²) in [7, 11) is 0. The highest BCUT2D eigenvalue weighted by atomic mass is 32.1. The Morgan fingerprint density at radius 2 is 2.29 bits per heavy atom. The van der Waals surface area contributed by atoms with Gasteiger partial charge in [-0.2, -0.15) is 0 Å². The van der Waals surface area contributed by atoms with Crippen molar-refractivity contribution in [3.05, 3.63) is 35.5 Å². The number of aromatic nitrogens is 2. The van der Waals surface area contributed by atoms with Gasteiger partial charge in [0, 0.05) is 24.6 Å². The van der Waals surface area contributed by atoms with Crippen molar-refractivity contribution in [2.45, 2.75) is 6.42 Å². The summed E-state index contributed by atoms with van der Waals surface area (Å²) in [5, 5.41) is 11.6. The van der Waals surface area contributed by atoms with E-state index in [0.717, 1.165) is 16.4 Å². The second kappa shape index (κ2) is 4.30. The first-order chi connectivity index (χ1) is 6.90. The first-order valence-electron chi connectivity index (χ1n) is 4.37. The lowest BCUT2D eigenvalue weighted by atomic mass is 10.3. The summed E-state index contributed by atoms with van der Waals surface area (Å²) in [6.07, 6.45) is 2.37. The monoisotopic (exact) mass is 206 g/mol. The van der Waals surface area contributed by atoms with Gasteiger partial charge in [0.15, 0.2) is 0 Å². The van der Waals surface area contributed by atoms with Crippen LogP contribution in [0.4, 0.5) is 0 Å². The smallest absolute Gasteiger partial charge is 0.142 e. The van der Waals surface area contributed by atoms with Crippen molar-refractivity contribution in [1.82, 2.24) is 9.97 Å². The molecule has 0 bridgehead atoms. The molecular formula is C10H10N2OS. The maximum absolute atomic E-state index is 8.75. The van der Waals surface area contributed by atoms with Gasteiger partial charge in [0.25, 0.3) is 0 Å². The van der Waals surface area contributed by atoms with Gasteiger partial charge < -0.3 is 5.11 Å². The number of thiazole rings is 1. The number of nitrogens with zero attached hydrogens (tertiary/aromatic N) is 2. The molecule has 2 rings (SSSR count). The Morgan fingerprint density at radius 3 is 3.00 bits per heavy atom. The molecular weight excluding hydrogens is 196 g/mol. The standard InChI is InChI=1S/C10H10N2OS/c13-6-4-8-7-14-10(12-8)9-3-1-2-5-11-9/h1-3,5,7,13H,4,6H2. The van der Waals surface area contributed by atoms with Gasteiger partial charge in [0.2, 0.25) is 0 Å². The molecule has 0 amide bonds. The molecule has 0 unspecified atom stereocenters. The van der Waals surface area contributed by atoms with Gasteiger partial charge in [-0.3, -0.25) is 4.98 Å². The zero-order chi connectivity index (χ0) is 9.80. The second-order valence-corrected chi connectivity index (χ2v) is 3.69. The molecule has 0 aromatic carbocycles. The summed E-state index contributed by atoms with van der Waals surface area (Å²) in [5.74, 6) is 0. The Kier molecular flexibility index (Phi) is 2.86. The van der Waals surface area contributed by atoms with Crippen LogP contribution < -0.4 is 0 Å². The molecule has 4 heteroatoms. The van der Waals surface area contributed by atoms with E-state index in [9.17, 15) is 0 Å². The van der Waals surface area contributed by atoms with E-state index in [-0.39, 0.29) is 6.61 Å². The maximum atomic E-state index is 8.75. The molecule has 3 nitrogen and oxygen atoms in total. The van der Waals surface area contributed by atoms with Gasteiger partial charge in [-0.25, -0.2) is 4.98 Å². The average molecular weight is 206 g/mol. The van der Waals surface area contributed by atoms with E-state index in [2.05, 4.69) is 9.97 Å². The van der Waals surface area contributed by atoms with Crippen LogP contribution in [0.1, 0.15) is 5.69 Å². The molecule has 0 saturated heterocycles. The van der Waals surface area contributed by atoms with E-state index in [1.54, 1.807) is 17.5 Å². The molecule has 0 saturated carbocycles. The van der Waals surface area contributed by atoms with Crippen LogP contribution in [0.3, 0.4) is 0 Å². The summed E-state index contributed by atoms with van der Waals surface area (Å²) in [5.41, 5.74) is 1.82. The van der Waals surface area contributed by atoms with E-state index >= 15 is 0 Å². The highest BCUT2D eigenvalue weighted by Crippen LogP contribution is 2.21. The summed E-state index contributed by atoms with van der Waals surface area (Å²) in [4.78, 5) is 8.57. The van der Waals surface area contributed by atoms with Crippen LogP contribution >= 0.6 is 11.3 Å². The molecule has 0 radical (unpaired) electrons. The summed E-state index contributed by atoms with van der Waals surface area (Å²) in [6, 6.07) is 5.75. The maximum Gasteiger partial charge on any atom is 0.142 e. The minimum absolute atomic E-state index is 0.144. The predicted octanol–water partition coefficient (Wildman–Crippen LogP) is 1.74. The van der Waals surface area contributed by atoms with Crippen molar-refractivity contribution in [1.29, 1.82) is 0 Å². The topological polar surface area (TPSA) is 46.0 Å². The van der Waals surface area contributed by atoms with Crippen molar-refractivity contribution in [3.63, 3.8) is 0 Å². The van der Waals surface area contributed by atoms with Gasteiger partial charge in [0.05, 0.1) is 11.4 Å². The molecule has 2 heterocycles. The number of hydrogen-bond acceptors (Lipinski definition) is 4. The van der Waals surface area contributed by atoms with Crippen molar-refractivity contribution in [2.24, 2.45) is 0 Å². The van der Waals surface area contributed by atoms with Crippen LogP contribution in [0.2, 0.25) is 0 Å². The molecule has 72 valence electrons. The summed E-state index contributed by atoms with van der Waals surface area (Å²) >= 11 is 1.56. The van der Waals surface area contributed by atoms with Crippen LogP contribution in [0, 0.1) is 0 Å². The van der Waals surface area contributed by atoms with E-state index < -0.39 is 0 Å². The number of aliphatic hydroxyl groups is 1. The molecule has 0 aliphatic carbocycles. The number of rotatable bonds is 3. The first kappa shape index (κ1) is 9.30. The molecule has 0 spiro atoms. The Balaban J connectivity index is 2.25. The summed E-state index contributed by atoms with van der Waals surface area (Å²) < 4.78 is 0. The minimum Gasteiger partial charge on any atom is -0.396 e. The van der Waals surface area contributed by atoms with E-state index in [4.69, 9.17) is 5.11 Å². The van der Waals surface area contributed by atoms with Gasteiger partial charge in [-0.1, -0.05) is 6.07 Å². The normalized spacial score (nSPS) is 10.4. The van der Waals surface area contributed by atoms with Crippen molar-refractivity contribution in [3.8, 4) is 10.7 Å².